The van der Waals surface area contributed by atoms with Gasteiger partial charge in [0.25, 0.3) is 0 Å². The van der Waals surface area contributed by atoms with Gasteiger partial charge in [0.2, 0.25) is 0 Å². The normalized spacial score (nSPS) is 34.0. The number of ketones is 2. The summed E-state index contributed by atoms with van der Waals surface area (Å²) in [4.78, 5) is 60.0. The Bertz CT molecular complexity index is 1820. The molecule has 59 heavy (non-hydrogen) atoms. The van der Waals surface area contributed by atoms with E-state index < -0.39 is 10.8 Å². The molecule has 0 spiro atoms. The Morgan fingerprint density at radius 2 is 1.56 bits per heavy atom. The van der Waals surface area contributed by atoms with Crippen molar-refractivity contribution in [2.24, 2.45) is 56.2 Å². The average Bonchev–Trinajstić information content (AvgIpc) is 3.46. The van der Waals surface area contributed by atoms with E-state index >= 15 is 4.79 Å². The predicted molar refractivity (Wildman–Crippen MR) is 235 cm³/mol. The van der Waals surface area contributed by atoms with Crippen LogP contribution < -0.4 is 0 Å². The molecule has 5 aliphatic carbocycles. The fourth-order valence-corrected chi connectivity index (χ4v) is 14.0. The first kappa shape index (κ1) is 46.0. The highest BCUT2D eigenvalue weighted by Gasteiger charge is 2.71. The predicted octanol–water partition coefficient (Wildman–Crippen LogP) is 10.1. The number of nitrogens with zero attached hydrogens (tertiary/aromatic N) is 2. The van der Waals surface area contributed by atoms with Crippen LogP contribution in [0.25, 0.3) is 0 Å². The van der Waals surface area contributed by atoms with Crippen molar-refractivity contribution in [1.29, 1.82) is 0 Å². The number of hydrogen-bond acceptors (Lipinski definition) is 8. The van der Waals surface area contributed by atoms with Crippen LogP contribution >= 0.6 is 11.6 Å². The number of likely N-dealkylation sites (N-methyl/N-ethyl adjacent to an activating group) is 1. The number of halogens is 1. The van der Waals surface area contributed by atoms with Crippen LogP contribution in [0.1, 0.15) is 139 Å². The van der Waals surface area contributed by atoms with Crippen LogP contribution in [0.3, 0.4) is 0 Å². The Balaban J connectivity index is 1.27. The number of esters is 2. The molecule has 0 saturated heterocycles. The van der Waals surface area contributed by atoms with Crippen LogP contribution in [0.5, 0.6) is 0 Å². The highest BCUT2D eigenvalue weighted by Crippen LogP contribution is 2.77. The Morgan fingerprint density at radius 1 is 0.881 bits per heavy atom. The topological polar surface area (TPSA) is 93.2 Å². The molecule has 0 amide bonds. The monoisotopic (exact) mass is 835 g/mol. The molecule has 0 radical (unpaired) electrons. The summed E-state index contributed by atoms with van der Waals surface area (Å²) in [5.41, 5.74) is 1.37. The molecule has 328 valence electrons. The van der Waals surface area contributed by atoms with Gasteiger partial charge in [-0.15, -0.1) is 0 Å². The second kappa shape index (κ2) is 16.6. The number of benzene rings is 1. The molecule has 0 N–H and O–H groups in total. The van der Waals surface area contributed by atoms with E-state index in [1.54, 1.807) is 20.8 Å². The molecule has 6 rings (SSSR count). The van der Waals surface area contributed by atoms with Gasteiger partial charge in [-0.1, -0.05) is 72.2 Å². The molecule has 0 bridgehead atoms. The van der Waals surface area contributed by atoms with Gasteiger partial charge in [-0.25, -0.2) is 0 Å². The molecule has 8 nitrogen and oxygen atoms in total. The number of carbonyl (C=O) groups excluding carboxylic acids is 4. The van der Waals surface area contributed by atoms with Crippen molar-refractivity contribution < 1.29 is 28.7 Å². The van der Waals surface area contributed by atoms with Crippen LogP contribution in [0.15, 0.2) is 35.4 Å². The quantitative estimate of drug-likeness (QED) is 0.171. The number of rotatable bonds is 14. The highest BCUT2D eigenvalue weighted by molar-refractivity contribution is 6.30. The van der Waals surface area contributed by atoms with E-state index in [1.165, 1.54) is 5.57 Å². The summed E-state index contributed by atoms with van der Waals surface area (Å²) in [7, 11) is 4.13. The molecule has 9 heteroatoms. The Labute approximate surface area is 360 Å². The second-order valence-corrected chi connectivity index (χ2v) is 22.4. The van der Waals surface area contributed by atoms with Gasteiger partial charge in [0.15, 0.2) is 11.6 Å². The average molecular weight is 836 g/mol. The van der Waals surface area contributed by atoms with Crippen molar-refractivity contribution in [3.05, 3.63) is 46.0 Å². The number of ether oxygens (including phenoxy) is 2. The third-order valence-corrected chi connectivity index (χ3v) is 17.4. The smallest absolute Gasteiger partial charge is 0.312 e. The van der Waals surface area contributed by atoms with Gasteiger partial charge in [0.05, 0.1) is 30.4 Å². The summed E-state index contributed by atoms with van der Waals surface area (Å²) in [5, 5.41) is 0.700. The van der Waals surface area contributed by atoms with Crippen LogP contribution in [-0.4, -0.2) is 79.7 Å². The van der Waals surface area contributed by atoms with Gasteiger partial charge in [-0.2, -0.15) is 0 Å². The van der Waals surface area contributed by atoms with E-state index in [9.17, 15) is 14.4 Å². The zero-order valence-corrected chi connectivity index (χ0v) is 39.3. The van der Waals surface area contributed by atoms with Crippen molar-refractivity contribution >= 4 is 35.1 Å². The maximum absolute atomic E-state index is 15.2. The Hall–Kier alpha value is -2.55. The Morgan fingerprint density at radius 3 is 2.19 bits per heavy atom. The van der Waals surface area contributed by atoms with Gasteiger partial charge in [0.1, 0.15) is 6.10 Å². The summed E-state index contributed by atoms with van der Waals surface area (Å²) in [6, 6.07) is 7.92. The second-order valence-electron chi connectivity index (χ2n) is 22.0. The Kier molecular flexibility index (Phi) is 12.9. The van der Waals surface area contributed by atoms with E-state index in [-0.39, 0.29) is 76.1 Å². The molecule has 4 fully saturated rings. The molecule has 5 aliphatic rings. The number of allylic oxidation sites excluding steroid dienone is 2. The van der Waals surface area contributed by atoms with E-state index in [0.29, 0.717) is 36.4 Å². The lowest BCUT2D eigenvalue weighted by molar-refractivity contribution is -0.233. The van der Waals surface area contributed by atoms with Gasteiger partial charge in [-0.05, 0) is 155 Å². The largest absolute Gasteiger partial charge is 0.466 e. The van der Waals surface area contributed by atoms with Gasteiger partial charge < -0.3 is 14.4 Å². The number of hydrogen-bond donors (Lipinski definition) is 0. The molecule has 1 aromatic rings. The zero-order valence-electron chi connectivity index (χ0n) is 38.5. The third-order valence-electron chi connectivity index (χ3n) is 17.1. The van der Waals surface area contributed by atoms with Crippen LogP contribution in [0, 0.1) is 56.2 Å². The zero-order chi connectivity index (χ0) is 43.5. The third kappa shape index (κ3) is 8.03. The van der Waals surface area contributed by atoms with Crippen molar-refractivity contribution in [2.75, 3.05) is 40.3 Å². The minimum absolute atomic E-state index is 0.00202. The highest BCUT2D eigenvalue weighted by atomic mass is 35.5. The summed E-state index contributed by atoms with van der Waals surface area (Å²) in [6.45, 7) is 24.7. The summed E-state index contributed by atoms with van der Waals surface area (Å²) < 4.78 is 11.6. The van der Waals surface area contributed by atoms with Crippen molar-refractivity contribution in [3.63, 3.8) is 0 Å². The lowest BCUT2D eigenvalue weighted by Gasteiger charge is -2.72. The number of Topliss-reactive ketones (excluding diaryl/α,β-unsaturated/α-hetero) is 2. The van der Waals surface area contributed by atoms with Gasteiger partial charge in [0, 0.05) is 36.5 Å². The van der Waals surface area contributed by atoms with E-state index in [0.717, 1.165) is 75.6 Å². The molecule has 0 heterocycles. The van der Waals surface area contributed by atoms with E-state index in [2.05, 4.69) is 72.4 Å². The van der Waals surface area contributed by atoms with E-state index in [4.69, 9.17) is 21.1 Å². The van der Waals surface area contributed by atoms with Crippen molar-refractivity contribution in [1.82, 2.24) is 9.80 Å². The SMILES string of the molecule is CCOC(=O)C(C)(C)CC(=O)O[C@H]1CC[C@@]2(C)C(CC[C@]3(C)C2CC[C@@H]2C4=C(C(C)C)C(=O)C[C@]4(C(=O)CN(CCN(C)C)Cc4ccc(Cl)cc4)CC[C@]23C)C1(C)C. The first-order chi connectivity index (χ1) is 27.5. The number of carbonyl (C=O) groups is 4. The first-order valence-corrected chi connectivity index (χ1v) is 23.1. The molecule has 0 aliphatic heterocycles. The summed E-state index contributed by atoms with van der Waals surface area (Å²) >= 11 is 6.24. The fraction of sp³-hybridized carbons (Fsp3) is 0.760. The molecule has 1 aromatic carbocycles. The van der Waals surface area contributed by atoms with Crippen molar-refractivity contribution in [3.8, 4) is 0 Å². The maximum Gasteiger partial charge on any atom is 0.312 e. The summed E-state index contributed by atoms with van der Waals surface area (Å²) in [5.74, 6) is 0.792. The standard InChI is InChI=1S/C50H75ClN2O6/c1-13-58-44(57)45(4,5)29-41(56)59-40-21-22-47(8)37(46(40,6)7)20-23-49(10)38(47)19-18-35-43-42(32(2)3)36(54)28-50(43,25-24-48(35,49)9)39(55)31-53(27-26-52(11)12)30-33-14-16-34(51)17-15-33/h14-17,32,35,37-38,40H,13,18-31H2,1-12H3/t35-,37?,38?,40+,47+,48-,49-,50+/m1/s1. The molecular weight excluding hydrogens is 760 g/mol. The van der Waals surface area contributed by atoms with Crippen LogP contribution in [0.2, 0.25) is 5.02 Å². The number of fused-ring (bicyclic) bond motifs is 7. The molecular formula is C50H75ClN2O6. The first-order valence-electron chi connectivity index (χ1n) is 22.8. The van der Waals surface area contributed by atoms with Gasteiger partial charge in [-0.3, -0.25) is 24.1 Å². The van der Waals surface area contributed by atoms with Crippen LogP contribution in [0.4, 0.5) is 0 Å². The van der Waals surface area contributed by atoms with E-state index in [1.807, 2.05) is 24.3 Å². The van der Waals surface area contributed by atoms with Crippen molar-refractivity contribution in [2.45, 2.75) is 146 Å². The lowest BCUT2D eigenvalue weighted by atomic mass is 9.33. The molecule has 4 saturated carbocycles. The maximum atomic E-state index is 15.2. The molecule has 2 unspecified atom stereocenters. The fourth-order valence-electron chi connectivity index (χ4n) is 13.9. The minimum atomic E-state index is -0.943. The minimum Gasteiger partial charge on any atom is -0.466 e. The van der Waals surface area contributed by atoms with Gasteiger partial charge >= 0.3 is 11.9 Å². The summed E-state index contributed by atoms with van der Waals surface area (Å²) in [6.07, 6.45) is 7.72. The van der Waals surface area contributed by atoms with Crippen LogP contribution in [-0.2, 0) is 35.2 Å². The molecule has 0 aromatic heterocycles. The molecule has 8 atom stereocenters. The lowest BCUT2D eigenvalue weighted by Crippen LogP contribution is -2.66.